The smallest absolute Gasteiger partial charge is 0.219 e. The van der Waals surface area contributed by atoms with Gasteiger partial charge < -0.3 is 24.6 Å². The van der Waals surface area contributed by atoms with Gasteiger partial charge in [-0.3, -0.25) is 9.79 Å². The summed E-state index contributed by atoms with van der Waals surface area (Å²) in [6.45, 7) is 8.45. The molecule has 1 aromatic carbocycles. The summed E-state index contributed by atoms with van der Waals surface area (Å²) in [6.07, 6.45) is 5.98. The van der Waals surface area contributed by atoms with Crippen molar-refractivity contribution < 1.29 is 14.3 Å². The first-order valence-electron chi connectivity index (χ1n) is 11.5. The van der Waals surface area contributed by atoms with Gasteiger partial charge in [0, 0.05) is 45.1 Å². The topological polar surface area (TPSA) is 66.4 Å². The number of nitrogens with one attached hydrogen (secondary N) is 1. The van der Waals surface area contributed by atoms with Gasteiger partial charge in [0.1, 0.15) is 0 Å². The summed E-state index contributed by atoms with van der Waals surface area (Å²) in [5.74, 6) is 2.64. The third-order valence-electron chi connectivity index (χ3n) is 6.70. The maximum absolute atomic E-state index is 11.7. The van der Waals surface area contributed by atoms with Crippen molar-refractivity contribution >= 4 is 11.9 Å². The van der Waals surface area contributed by atoms with E-state index in [9.17, 15) is 4.79 Å². The van der Waals surface area contributed by atoms with Gasteiger partial charge in [0.15, 0.2) is 17.5 Å². The van der Waals surface area contributed by atoms with Crippen LogP contribution in [-0.4, -0.2) is 75.2 Å². The highest BCUT2D eigenvalue weighted by atomic mass is 16.5. The van der Waals surface area contributed by atoms with Gasteiger partial charge in [-0.15, -0.1) is 0 Å². The maximum atomic E-state index is 11.7. The molecule has 1 aliphatic carbocycles. The molecule has 1 saturated heterocycles. The summed E-state index contributed by atoms with van der Waals surface area (Å²) >= 11 is 0. The first-order valence-corrected chi connectivity index (χ1v) is 11.5. The highest BCUT2D eigenvalue weighted by Gasteiger charge is 2.35. The summed E-state index contributed by atoms with van der Waals surface area (Å²) < 4.78 is 11.0. The Labute approximate surface area is 186 Å². The van der Waals surface area contributed by atoms with Crippen molar-refractivity contribution in [2.24, 2.45) is 4.99 Å². The van der Waals surface area contributed by atoms with Crippen LogP contribution in [0.2, 0.25) is 0 Å². The Balaban J connectivity index is 1.83. The van der Waals surface area contributed by atoms with E-state index in [0.717, 1.165) is 69.6 Å². The summed E-state index contributed by atoms with van der Waals surface area (Å²) in [7, 11) is 3.37. The van der Waals surface area contributed by atoms with E-state index in [2.05, 4.69) is 29.3 Å². The van der Waals surface area contributed by atoms with Crippen LogP contribution >= 0.6 is 0 Å². The number of hydrogen-bond donors (Lipinski definition) is 1. The van der Waals surface area contributed by atoms with Gasteiger partial charge in [0.25, 0.3) is 0 Å². The minimum atomic E-state index is 0.0136. The second-order valence-corrected chi connectivity index (χ2v) is 8.57. The van der Waals surface area contributed by atoms with Gasteiger partial charge >= 0.3 is 0 Å². The molecule has 1 amide bonds. The molecule has 1 saturated carbocycles. The Kier molecular flexibility index (Phi) is 8.04. The molecule has 0 spiro atoms. The fraction of sp³-hybridized carbons (Fsp3) is 0.667. The predicted molar refractivity (Wildman–Crippen MR) is 124 cm³/mol. The Morgan fingerprint density at radius 3 is 2.26 bits per heavy atom. The number of hydrogen-bond acceptors (Lipinski definition) is 4. The number of carbonyl (C=O) groups is 1. The van der Waals surface area contributed by atoms with E-state index in [1.54, 1.807) is 21.1 Å². The molecule has 7 nitrogen and oxygen atoms in total. The lowest BCUT2D eigenvalue weighted by atomic mass is 9.69. The van der Waals surface area contributed by atoms with Crippen LogP contribution < -0.4 is 14.8 Å². The second-order valence-electron chi connectivity index (χ2n) is 8.57. The number of carbonyl (C=O) groups excluding carboxylic acids is 1. The lowest BCUT2D eigenvalue weighted by Gasteiger charge is -2.39. The van der Waals surface area contributed by atoms with Crippen LogP contribution in [0.4, 0.5) is 0 Å². The molecule has 3 rings (SSSR count). The van der Waals surface area contributed by atoms with E-state index in [4.69, 9.17) is 14.5 Å². The number of aliphatic imine (C=N–C) groups is 1. The Hall–Kier alpha value is -2.44. The van der Waals surface area contributed by atoms with Crippen molar-refractivity contribution in [2.45, 2.75) is 51.4 Å². The van der Waals surface area contributed by atoms with Crippen LogP contribution in [0, 0.1) is 0 Å². The highest BCUT2D eigenvalue weighted by molar-refractivity contribution is 5.80. The number of nitrogens with zero attached hydrogens (tertiary/aromatic N) is 3. The molecule has 1 N–H and O–H groups in total. The monoisotopic (exact) mass is 430 g/mol. The second kappa shape index (κ2) is 10.7. The number of amides is 1. The van der Waals surface area contributed by atoms with Gasteiger partial charge in [0.05, 0.1) is 20.8 Å². The molecule has 7 heteroatoms. The first-order chi connectivity index (χ1) is 15.0. The van der Waals surface area contributed by atoms with Gasteiger partial charge in [-0.2, -0.15) is 0 Å². The van der Waals surface area contributed by atoms with Crippen LogP contribution in [0.15, 0.2) is 23.2 Å². The van der Waals surface area contributed by atoms with E-state index in [0.29, 0.717) is 0 Å². The van der Waals surface area contributed by atoms with E-state index in [1.165, 1.54) is 24.8 Å². The van der Waals surface area contributed by atoms with Crippen molar-refractivity contribution in [3.05, 3.63) is 23.8 Å². The third-order valence-corrected chi connectivity index (χ3v) is 6.70. The molecule has 0 bridgehead atoms. The minimum absolute atomic E-state index is 0.0136. The lowest BCUT2D eigenvalue weighted by molar-refractivity contribution is -0.130. The normalized spacial score (nSPS) is 19.2. The van der Waals surface area contributed by atoms with Crippen LogP contribution in [0.25, 0.3) is 0 Å². The number of methoxy groups -OCH3 is 2. The zero-order valence-electron chi connectivity index (χ0n) is 19.6. The number of guanidine groups is 1. The van der Waals surface area contributed by atoms with Crippen molar-refractivity contribution in [1.82, 2.24) is 15.1 Å². The van der Waals surface area contributed by atoms with E-state index >= 15 is 0 Å². The van der Waals surface area contributed by atoms with Crippen LogP contribution in [0.3, 0.4) is 0 Å². The van der Waals surface area contributed by atoms with E-state index in [1.807, 2.05) is 11.0 Å². The molecular formula is C24H38N4O3. The predicted octanol–water partition coefficient (Wildman–Crippen LogP) is 3.04. The van der Waals surface area contributed by atoms with Crippen LogP contribution in [0.5, 0.6) is 11.5 Å². The lowest BCUT2D eigenvalue weighted by Crippen LogP contribution is -2.53. The number of rotatable bonds is 6. The van der Waals surface area contributed by atoms with Crippen molar-refractivity contribution in [3.8, 4) is 11.5 Å². The number of benzene rings is 1. The average Bonchev–Trinajstić information content (AvgIpc) is 2.82. The molecule has 0 radical (unpaired) electrons. The van der Waals surface area contributed by atoms with Crippen LogP contribution in [-0.2, 0) is 10.2 Å². The Morgan fingerprint density at radius 1 is 1.03 bits per heavy atom. The van der Waals surface area contributed by atoms with Crippen molar-refractivity contribution in [2.75, 3.05) is 53.5 Å². The Morgan fingerprint density at radius 2 is 1.68 bits per heavy atom. The molecule has 2 aliphatic rings. The molecule has 0 atom stereocenters. The third kappa shape index (κ3) is 5.43. The minimum Gasteiger partial charge on any atom is -0.493 e. The molecular weight excluding hydrogens is 392 g/mol. The van der Waals surface area contributed by atoms with E-state index in [-0.39, 0.29) is 11.3 Å². The Bertz CT molecular complexity index is 766. The molecule has 0 aromatic heterocycles. The summed E-state index contributed by atoms with van der Waals surface area (Å²) in [5.41, 5.74) is 1.30. The average molecular weight is 431 g/mol. The fourth-order valence-electron chi connectivity index (χ4n) is 4.82. The molecule has 1 aromatic rings. The maximum Gasteiger partial charge on any atom is 0.219 e. The number of piperazine rings is 1. The highest BCUT2D eigenvalue weighted by Crippen LogP contribution is 2.42. The SMILES string of the molecule is CCNC(=NCC1(c2ccc(OC)c(OC)c2)CCCCC1)N1CCN(C(C)=O)CC1. The molecule has 1 aliphatic heterocycles. The van der Waals surface area contributed by atoms with Crippen molar-refractivity contribution in [1.29, 1.82) is 0 Å². The molecule has 31 heavy (non-hydrogen) atoms. The van der Waals surface area contributed by atoms with Crippen molar-refractivity contribution in [3.63, 3.8) is 0 Å². The fourth-order valence-corrected chi connectivity index (χ4v) is 4.82. The van der Waals surface area contributed by atoms with Gasteiger partial charge in [-0.25, -0.2) is 0 Å². The standard InChI is InChI=1S/C24H38N4O3/c1-5-25-23(28-15-13-27(14-16-28)19(2)29)26-18-24(11-7-6-8-12-24)20-9-10-21(30-3)22(17-20)31-4/h9-10,17H,5-8,11-16,18H2,1-4H3,(H,25,26). The molecule has 1 heterocycles. The largest absolute Gasteiger partial charge is 0.493 e. The summed E-state index contributed by atoms with van der Waals surface area (Å²) in [5, 5.41) is 3.47. The molecule has 172 valence electrons. The van der Waals surface area contributed by atoms with E-state index < -0.39 is 0 Å². The number of ether oxygens (including phenoxy) is 2. The molecule has 2 fully saturated rings. The summed E-state index contributed by atoms with van der Waals surface area (Å²) in [4.78, 5) is 21.0. The van der Waals surface area contributed by atoms with Gasteiger partial charge in [-0.1, -0.05) is 25.3 Å². The van der Waals surface area contributed by atoms with Gasteiger partial charge in [0.2, 0.25) is 5.91 Å². The quantitative estimate of drug-likeness (QED) is 0.555. The first kappa shape index (κ1) is 23.2. The van der Waals surface area contributed by atoms with Crippen LogP contribution in [0.1, 0.15) is 51.5 Å². The van der Waals surface area contributed by atoms with Gasteiger partial charge in [-0.05, 0) is 37.5 Å². The molecule has 0 unspecified atom stereocenters. The summed E-state index contributed by atoms with van der Waals surface area (Å²) in [6, 6.07) is 6.33. The zero-order chi connectivity index (χ0) is 22.3. The zero-order valence-corrected chi connectivity index (χ0v) is 19.6.